The highest BCUT2D eigenvalue weighted by molar-refractivity contribution is 5.82. The average Bonchev–Trinajstić information content (AvgIpc) is 2.53. The number of hydrogen-bond donors (Lipinski definition) is 4. The molecule has 0 heterocycles. The third-order valence-electron chi connectivity index (χ3n) is 3.46. The molecule has 0 aliphatic heterocycles. The van der Waals surface area contributed by atoms with Crippen LogP contribution in [0.3, 0.4) is 0 Å². The highest BCUT2D eigenvalue weighted by atomic mass is 16.3. The summed E-state index contributed by atoms with van der Waals surface area (Å²) in [5.41, 5.74) is 10.6. The molecule has 0 radical (unpaired) electrons. The van der Waals surface area contributed by atoms with Crippen molar-refractivity contribution in [1.29, 1.82) is 0 Å². The van der Waals surface area contributed by atoms with Crippen molar-refractivity contribution in [3.05, 3.63) is 42.5 Å². The number of benzene rings is 2. The van der Waals surface area contributed by atoms with E-state index in [1.807, 2.05) is 55.4 Å². The minimum atomic E-state index is -0.793. The van der Waals surface area contributed by atoms with Crippen LogP contribution in [0.15, 0.2) is 42.5 Å². The van der Waals surface area contributed by atoms with Crippen LogP contribution >= 0.6 is 0 Å². The number of nitrogens with two attached hydrogens (primary N) is 1. The van der Waals surface area contributed by atoms with E-state index < -0.39 is 6.10 Å². The maximum Gasteiger partial charge on any atom is 0.0942 e. The summed E-state index contributed by atoms with van der Waals surface area (Å²) in [4.78, 5) is 2.04. The van der Waals surface area contributed by atoms with Crippen molar-refractivity contribution in [2.24, 2.45) is 0 Å². The molecule has 1 atom stereocenters. The molecular formula is C17H23N3O2. The van der Waals surface area contributed by atoms with Crippen molar-refractivity contribution in [3.8, 4) is 11.1 Å². The molecule has 1 unspecified atom stereocenters. The quantitative estimate of drug-likeness (QED) is 0.611. The van der Waals surface area contributed by atoms with E-state index in [1.165, 1.54) is 0 Å². The van der Waals surface area contributed by atoms with Crippen LogP contribution < -0.4 is 16.0 Å². The Bertz CT molecular complexity index is 629. The molecule has 118 valence electrons. The molecule has 0 amide bonds. The van der Waals surface area contributed by atoms with Gasteiger partial charge in [-0.1, -0.05) is 12.1 Å². The van der Waals surface area contributed by atoms with E-state index in [9.17, 15) is 5.11 Å². The van der Waals surface area contributed by atoms with Gasteiger partial charge in [0.2, 0.25) is 0 Å². The van der Waals surface area contributed by atoms with Crippen LogP contribution in [0, 0.1) is 0 Å². The fourth-order valence-electron chi connectivity index (χ4n) is 2.20. The first-order valence-electron chi connectivity index (χ1n) is 7.21. The number of rotatable bonds is 6. The smallest absolute Gasteiger partial charge is 0.0942 e. The molecular weight excluding hydrogens is 278 g/mol. The van der Waals surface area contributed by atoms with Crippen LogP contribution in [0.4, 0.5) is 17.1 Å². The van der Waals surface area contributed by atoms with Crippen LogP contribution in [0.1, 0.15) is 0 Å². The first kappa shape index (κ1) is 16.1. The van der Waals surface area contributed by atoms with Gasteiger partial charge in [-0.15, -0.1) is 0 Å². The molecule has 2 aromatic rings. The predicted molar refractivity (Wildman–Crippen MR) is 92.2 cm³/mol. The van der Waals surface area contributed by atoms with Gasteiger partial charge in [-0.05, 0) is 35.9 Å². The summed E-state index contributed by atoms with van der Waals surface area (Å²) in [5, 5.41) is 21.6. The topological polar surface area (TPSA) is 81.8 Å². The fraction of sp³-hybridized carbons (Fsp3) is 0.294. The zero-order valence-corrected chi connectivity index (χ0v) is 13.0. The van der Waals surface area contributed by atoms with Gasteiger partial charge < -0.3 is 26.2 Å². The molecule has 2 aromatic carbocycles. The van der Waals surface area contributed by atoms with E-state index in [1.54, 1.807) is 0 Å². The summed E-state index contributed by atoms with van der Waals surface area (Å²) in [6, 6.07) is 13.8. The number of nitrogens with zero attached hydrogens (tertiary/aromatic N) is 1. The average molecular weight is 301 g/mol. The molecule has 0 saturated carbocycles. The van der Waals surface area contributed by atoms with E-state index in [2.05, 4.69) is 11.4 Å². The Labute approximate surface area is 131 Å². The van der Waals surface area contributed by atoms with Gasteiger partial charge in [0.05, 0.1) is 12.7 Å². The summed E-state index contributed by atoms with van der Waals surface area (Å²) in [5.74, 6) is 0. The minimum Gasteiger partial charge on any atom is -0.399 e. The first-order chi connectivity index (χ1) is 10.5. The maximum absolute atomic E-state index is 9.51. The lowest BCUT2D eigenvalue weighted by Gasteiger charge is -2.17. The second-order valence-corrected chi connectivity index (χ2v) is 5.47. The van der Waals surface area contributed by atoms with Crippen molar-refractivity contribution < 1.29 is 10.2 Å². The molecule has 0 spiro atoms. The minimum absolute atomic E-state index is 0.270. The van der Waals surface area contributed by atoms with Crippen molar-refractivity contribution in [2.75, 3.05) is 43.2 Å². The number of aliphatic hydroxyl groups is 2. The third-order valence-corrected chi connectivity index (χ3v) is 3.46. The van der Waals surface area contributed by atoms with Crippen molar-refractivity contribution in [1.82, 2.24) is 0 Å². The van der Waals surface area contributed by atoms with Gasteiger partial charge in [-0.25, -0.2) is 0 Å². The molecule has 0 saturated heterocycles. The van der Waals surface area contributed by atoms with Gasteiger partial charge in [-0.3, -0.25) is 0 Å². The van der Waals surface area contributed by atoms with E-state index in [0.29, 0.717) is 5.69 Å². The standard InChI is InChI=1S/C17H23N3O2/c1-20(2)14-5-3-4-12(8-14)16-9-13(18)6-7-17(16)19-10-15(22)11-21/h3-9,15,19,21-22H,10-11,18H2,1-2H3. The van der Waals surface area contributed by atoms with Crippen molar-refractivity contribution in [3.63, 3.8) is 0 Å². The van der Waals surface area contributed by atoms with Gasteiger partial charge >= 0.3 is 0 Å². The second-order valence-electron chi connectivity index (χ2n) is 5.47. The van der Waals surface area contributed by atoms with Gasteiger partial charge in [-0.2, -0.15) is 0 Å². The zero-order valence-electron chi connectivity index (χ0n) is 13.0. The molecule has 2 rings (SSSR count). The molecule has 0 aromatic heterocycles. The summed E-state index contributed by atoms with van der Waals surface area (Å²) in [6.07, 6.45) is -0.793. The lowest BCUT2D eigenvalue weighted by Crippen LogP contribution is -2.23. The SMILES string of the molecule is CN(C)c1cccc(-c2cc(N)ccc2NCC(O)CO)c1. The normalized spacial score (nSPS) is 12.0. The summed E-state index contributed by atoms with van der Waals surface area (Å²) >= 11 is 0. The van der Waals surface area contributed by atoms with Crippen LogP contribution in [0.25, 0.3) is 11.1 Å². The van der Waals surface area contributed by atoms with Gasteiger partial charge in [0.1, 0.15) is 0 Å². The maximum atomic E-state index is 9.51. The molecule has 0 bridgehead atoms. The second kappa shape index (κ2) is 7.15. The lowest BCUT2D eigenvalue weighted by molar-refractivity contribution is 0.105. The Morgan fingerprint density at radius 3 is 2.64 bits per heavy atom. The Balaban J connectivity index is 2.36. The largest absolute Gasteiger partial charge is 0.399 e. The first-order valence-corrected chi connectivity index (χ1v) is 7.21. The molecule has 0 fully saturated rings. The highest BCUT2D eigenvalue weighted by Crippen LogP contribution is 2.32. The molecule has 5 nitrogen and oxygen atoms in total. The lowest BCUT2D eigenvalue weighted by atomic mass is 10.0. The molecule has 22 heavy (non-hydrogen) atoms. The molecule has 5 heteroatoms. The van der Waals surface area contributed by atoms with Crippen LogP contribution in [-0.2, 0) is 0 Å². The monoisotopic (exact) mass is 301 g/mol. The van der Waals surface area contributed by atoms with E-state index >= 15 is 0 Å². The molecule has 5 N–H and O–H groups in total. The Kier molecular flexibility index (Phi) is 5.25. The van der Waals surface area contributed by atoms with E-state index in [4.69, 9.17) is 10.8 Å². The van der Waals surface area contributed by atoms with Crippen molar-refractivity contribution >= 4 is 17.1 Å². The third kappa shape index (κ3) is 3.90. The number of hydrogen-bond acceptors (Lipinski definition) is 5. The molecule has 0 aliphatic carbocycles. The highest BCUT2D eigenvalue weighted by Gasteiger charge is 2.09. The Morgan fingerprint density at radius 1 is 1.18 bits per heavy atom. The zero-order chi connectivity index (χ0) is 16.1. The number of nitrogens with one attached hydrogen (secondary N) is 1. The van der Waals surface area contributed by atoms with Gasteiger partial charge in [0.15, 0.2) is 0 Å². The predicted octanol–water partition coefficient (Wildman–Crippen LogP) is 1.77. The summed E-state index contributed by atoms with van der Waals surface area (Å²) in [7, 11) is 3.99. The van der Waals surface area contributed by atoms with Gasteiger partial charge in [0, 0.05) is 43.3 Å². The van der Waals surface area contributed by atoms with Crippen LogP contribution in [0.2, 0.25) is 0 Å². The molecule has 0 aliphatic rings. The van der Waals surface area contributed by atoms with Crippen LogP contribution in [0.5, 0.6) is 0 Å². The number of aliphatic hydroxyl groups excluding tert-OH is 2. The summed E-state index contributed by atoms with van der Waals surface area (Å²) < 4.78 is 0. The van der Waals surface area contributed by atoms with E-state index in [-0.39, 0.29) is 13.2 Å². The van der Waals surface area contributed by atoms with Crippen LogP contribution in [-0.4, -0.2) is 43.6 Å². The van der Waals surface area contributed by atoms with E-state index in [0.717, 1.165) is 22.5 Å². The van der Waals surface area contributed by atoms with Crippen molar-refractivity contribution in [2.45, 2.75) is 6.10 Å². The summed E-state index contributed by atoms with van der Waals surface area (Å²) in [6.45, 7) is 0.00814. The fourth-order valence-corrected chi connectivity index (χ4v) is 2.20. The number of anilines is 3. The Hall–Kier alpha value is -2.24. The van der Waals surface area contributed by atoms with Gasteiger partial charge in [0.25, 0.3) is 0 Å². The Morgan fingerprint density at radius 2 is 1.95 bits per heavy atom. The number of nitrogen functional groups attached to an aromatic ring is 1.